The Kier molecular flexibility index (Phi) is 3.09. The molecule has 8 heteroatoms. The first-order valence-corrected chi connectivity index (χ1v) is 7.16. The van der Waals surface area contributed by atoms with Crippen molar-refractivity contribution in [1.82, 2.24) is 15.0 Å². The van der Waals surface area contributed by atoms with Gasteiger partial charge in [-0.1, -0.05) is 0 Å². The molecule has 0 amide bonds. The molecule has 2 heterocycles. The average Bonchev–Trinajstić information content (AvgIpc) is 3.06. The molecule has 0 aliphatic heterocycles. The number of nitrogens with zero attached hydrogens (tertiary/aromatic N) is 3. The van der Waals surface area contributed by atoms with Gasteiger partial charge in [-0.3, -0.25) is 10.1 Å². The molecule has 0 spiro atoms. The summed E-state index contributed by atoms with van der Waals surface area (Å²) in [6.07, 6.45) is 1.76. The summed E-state index contributed by atoms with van der Waals surface area (Å²) in [7, 11) is 0. The molecule has 3 rings (SSSR count). The second-order valence-corrected chi connectivity index (χ2v) is 6.03. The maximum absolute atomic E-state index is 10.8. The quantitative estimate of drug-likeness (QED) is 0.569. The van der Waals surface area contributed by atoms with E-state index in [1.807, 2.05) is 19.2 Å². The summed E-state index contributed by atoms with van der Waals surface area (Å²) in [5.74, 6) is 0.561. The van der Waals surface area contributed by atoms with Crippen molar-refractivity contribution in [3.8, 4) is 0 Å². The molecule has 0 saturated carbocycles. The third-order valence-corrected chi connectivity index (χ3v) is 4.17. The molecule has 0 aliphatic carbocycles. The van der Waals surface area contributed by atoms with Crippen molar-refractivity contribution >= 4 is 34.0 Å². The number of H-pyrrole nitrogens is 1. The fraction of sp³-hybridized carbons (Fsp3) is 0.231. The van der Waals surface area contributed by atoms with E-state index in [4.69, 9.17) is 0 Å². The molecule has 0 radical (unpaired) electrons. The Morgan fingerprint density at radius 3 is 2.90 bits per heavy atom. The molecule has 2 N–H and O–H groups in total. The molecular formula is C13H13N5O2S. The lowest BCUT2D eigenvalue weighted by atomic mass is 10.1. The van der Waals surface area contributed by atoms with Gasteiger partial charge in [0.05, 0.1) is 21.5 Å². The lowest BCUT2D eigenvalue weighted by Crippen LogP contribution is -2.28. The minimum atomic E-state index is -0.424. The van der Waals surface area contributed by atoms with Crippen LogP contribution in [0.5, 0.6) is 0 Å². The van der Waals surface area contributed by atoms with Crippen LogP contribution in [0, 0.1) is 10.1 Å². The van der Waals surface area contributed by atoms with Gasteiger partial charge >= 0.3 is 0 Å². The van der Waals surface area contributed by atoms with Crippen LogP contribution in [0.15, 0.2) is 29.8 Å². The van der Waals surface area contributed by atoms with Gasteiger partial charge in [0.2, 0.25) is 5.95 Å². The number of nitrogens with one attached hydrogen (secondary N) is 2. The topological polar surface area (TPSA) is 96.7 Å². The fourth-order valence-electron chi connectivity index (χ4n) is 2.05. The van der Waals surface area contributed by atoms with Crippen molar-refractivity contribution in [2.75, 3.05) is 5.32 Å². The van der Waals surface area contributed by atoms with E-state index in [9.17, 15) is 10.1 Å². The molecule has 21 heavy (non-hydrogen) atoms. The van der Waals surface area contributed by atoms with E-state index in [0.29, 0.717) is 17.0 Å². The second-order valence-electron chi connectivity index (χ2n) is 5.13. The summed E-state index contributed by atoms with van der Waals surface area (Å²) < 4.78 is 0. The molecule has 0 aliphatic rings. The number of rotatable bonds is 4. The third-order valence-electron chi connectivity index (χ3n) is 3.07. The van der Waals surface area contributed by atoms with Crippen molar-refractivity contribution in [2.45, 2.75) is 19.4 Å². The minimum Gasteiger partial charge on any atom is -0.344 e. The standard InChI is InChI=1S/C13H13N5O2S/c1-13(2,11-14-5-6-21-11)17-12-15-9-4-3-8(18(19)20)7-10(9)16-12/h3-7H,1-2H3,(H2,15,16,17). The molecular weight excluding hydrogens is 290 g/mol. The molecule has 7 nitrogen and oxygen atoms in total. The van der Waals surface area contributed by atoms with Gasteiger partial charge in [0.1, 0.15) is 5.01 Å². The zero-order valence-corrected chi connectivity index (χ0v) is 12.3. The fourth-order valence-corrected chi connectivity index (χ4v) is 2.77. The van der Waals surface area contributed by atoms with Gasteiger partial charge in [-0.2, -0.15) is 0 Å². The van der Waals surface area contributed by atoms with Crippen molar-refractivity contribution in [2.24, 2.45) is 0 Å². The Morgan fingerprint density at radius 1 is 1.43 bits per heavy atom. The highest BCUT2D eigenvalue weighted by Crippen LogP contribution is 2.27. The van der Waals surface area contributed by atoms with Crippen LogP contribution < -0.4 is 5.32 Å². The van der Waals surface area contributed by atoms with Crippen LogP contribution >= 0.6 is 11.3 Å². The number of anilines is 1. The molecule has 0 bridgehead atoms. The van der Waals surface area contributed by atoms with Crippen LogP contribution in [-0.4, -0.2) is 19.9 Å². The van der Waals surface area contributed by atoms with E-state index >= 15 is 0 Å². The summed E-state index contributed by atoms with van der Waals surface area (Å²) in [4.78, 5) is 22.1. The number of nitro benzene ring substituents is 1. The summed E-state index contributed by atoms with van der Waals surface area (Å²) in [5, 5.41) is 16.9. The van der Waals surface area contributed by atoms with Gasteiger partial charge in [-0.15, -0.1) is 11.3 Å². The largest absolute Gasteiger partial charge is 0.344 e. The van der Waals surface area contributed by atoms with E-state index < -0.39 is 4.92 Å². The van der Waals surface area contributed by atoms with Crippen LogP contribution in [0.3, 0.4) is 0 Å². The van der Waals surface area contributed by atoms with Gasteiger partial charge in [0, 0.05) is 23.7 Å². The first kappa shape index (κ1) is 13.5. The first-order valence-electron chi connectivity index (χ1n) is 6.28. The normalized spacial score (nSPS) is 11.7. The highest BCUT2D eigenvalue weighted by Gasteiger charge is 2.24. The number of fused-ring (bicyclic) bond motifs is 1. The van der Waals surface area contributed by atoms with Crippen molar-refractivity contribution in [3.63, 3.8) is 0 Å². The molecule has 0 atom stereocenters. The number of thiazole rings is 1. The average molecular weight is 303 g/mol. The number of imidazole rings is 1. The minimum absolute atomic E-state index is 0.0388. The summed E-state index contributed by atoms with van der Waals surface area (Å²) in [6, 6.07) is 4.55. The van der Waals surface area contributed by atoms with Crippen molar-refractivity contribution in [3.05, 3.63) is 44.9 Å². The van der Waals surface area contributed by atoms with Crippen LogP contribution in [0.25, 0.3) is 11.0 Å². The maximum atomic E-state index is 10.8. The zero-order valence-electron chi connectivity index (χ0n) is 11.5. The van der Waals surface area contributed by atoms with Crippen LogP contribution in [-0.2, 0) is 5.54 Å². The van der Waals surface area contributed by atoms with Gasteiger partial charge in [0.15, 0.2) is 0 Å². The van der Waals surface area contributed by atoms with E-state index in [-0.39, 0.29) is 11.2 Å². The Hall–Kier alpha value is -2.48. The Balaban J connectivity index is 1.93. The lowest BCUT2D eigenvalue weighted by Gasteiger charge is -2.23. The summed E-state index contributed by atoms with van der Waals surface area (Å²) in [5.41, 5.74) is 0.963. The van der Waals surface area contributed by atoms with Gasteiger partial charge in [-0.05, 0) is 19.9 Å². The number of benzene rings is 1. The molecule has 0 saturated heterocycles. The van der Waals surface area contributed by atoms with Gasteiger partial charge in [0.25, 0.3) is 5.69 Å². The molecule has 0 unspecified atom stereocenters. The first-order chi connectivity index (χ1) is 9.95. The van der Waals surface area contributed by atoms with E-state index in [2.05, 4.69) is 20.3 Å². The summed E-state index contributed by atoms with van der Waals surface area (Å²) >= 11 is 1.56. The SMILES string of the molecule is CC(C)(Nc1nc2ccc([N+](=O)[O-])cc2[nH]1)c1nccs1. The third kappa shape index (κ3) is 2.57. The highest BCUT2D eigenvalue weighted by atomic mass is 32.1. The predicted molar refractivity (Wildman–Crippen MR) is 81.5 cm³/mol. The van der Waals surface area contributed by atoms with Gasteiger partial charge in [-0.25, -0.2) is 9.97 Å². The predicted octanol–water partition coefficient (Wildman–Crippen LogP) is 3.27. The zero-order chi connectivity index (χ0) is 15.0. The van der Waals surface area contributed by atoms with Crippen LogP contribution in [0.2, 0.25) is 0 Å². The van der Waals surface area contributed by atoms with Crippen LogP contribution in [0.4, 0.5) is 11.6 Å². The Labute approximate surface area is 124 Å². The lowest BCUT2D eigenvalue weighted by molar-refractivity contribution is -0.384. The molecule has 2 aromatic heterocycles. The maximum Gasteiger partial charge on any atom is 0.271 e. The molecule has 0 fully saturated rings. The molecule has 1 aromatic carbocycles. The van der Waals surface area contributed by atoms with E-state index in [0.717, 1.165) is 5.01 Å². The monoisotopic (exact) mass is 303 g/mol. The molecule has 108 valence electrons. The Morgan fingerprint density at radius 2 is 2.24 bits per heavy atom. The number of aromatic nitrogens is 3. The number of hydrogen-bond acceptors (Lipinski definition) is 6. The van der Waals surface area contributed by atoms with Crippen molar-refractivity contribution in [1.29, 1.82) is 0 Å². The van der Waals surface area contributed by atoms with Gasteiger partial charge < -0.3 is 10.3 Å². The number of non-ortho nitro benzene ring substituents is 1. The summed E-state index contributed by atoms with van der Waals surface area (Å²) in [6.45, 7) is 4.00. The smallest absolute Gasteiger partial charge is 0.271 e. The van der Waals surface area contributed by atoms with Crippen molar-refractivity contribution < 1.29 is 4.92 Å². The number of aromatic amines is 1. The second kappa shape index (κ2) is 4.81. The van der Waals surface area contributed by atoms with E-state index in [1.54, 1.807) is 23.6 Å². The highest BCUT2D eigenvalue weighted by molar-refractivity contribution is 7.09. The molecule has 3 aromatic rings. The number of hydrogen-bond donors (Lipinski definition) is 2. The van der Waals surface area contributed by atoms with E-state index in [1.165, 1.54) is 12.1 Å². The number of nitro groups is 1. The Bertz CT molecular complexity index is 794. The van der Waals surface area contributed by atoms with Crippen LogP contribution in [0.1, 0.15) is 18.9 Å².